The molecule has 0 atom stereocenters. The van der Waals surface area contributed by atoms with Crippen molar-refractivity contribution < 1.29 is 27.0 Å². The van der Waals surface area contributed by atoms with Crippen molar-refractivity contribution >= 4 is 11.5 Å². The zero-order valence-corrected chi connectivity index (χ0v) is 14.3. The normalized spacial score (nSPS) is 12.0. The first-order valence-corrected chi connectivity index (χ1v) is 7.98. The van der Waals surface area contributed by atoms with Crippen molar-refractivity contribution in [3.8, 4) is 5.88 Å². The quantitative estimate of drug-likeness (QED) is 0.635. The second kappa shape index (κ2) is 7.01. The molecule has 3 aromatic rings. The molecule has 0 aliphatic rings. The molecule has 0 spiro atoms. The first-order valence-electron chi connectivity index (χ1n) is 7.98. The average molecular weight is 386 g/mol. The highest BCUT2D eigenvalue weighted by Crippen LogP contribution is 2.33. The standard InChI is InChI=1S/C17H15F5N4O/c1-9(2)11-8-24-26-14(11)25-16(27-22)13(18)15(26)23-7-10-5-3-4-6-12(10)17(19,20)21/h3-6,8-9,23H,7H2,1-2H3. The molecule has 0 aliphatic heterocycles. The number of anilines is 1. The smallest absolute Gasteiger partial charge is 0.363 e. The molecule has 27 heavy (non-hydrogen) atoms. The minimum atomic E-state index is -4.56. The van der Waals surface area contributed by atoms with Gasteiger partial charge in [-0.2, -0.15) is 32.2 Å². The second-order valence-electron chi connectivity index (χ2n) is 6.16. The van der Waals surface area contributed by atoms with Crippen molar-refractivity contribution in [2.45, 2.75) is 32.5 Å². The highest BCUT2D eigenvalue weighted by Gasteiger charge is 2.33. The molecule has 0 fully saturated rings. The molecule has 1 aromatic carbocycles. The third kappa shape index (κ3) is 3.51. The highest BCUT2D eigenvalue weighted by molar-refractivity contribution is 5.57. The van der Waals surface area contributed by atoms with Crippen LogP contribution in [0.4, 0.5) is 27.9 Å². The number of nitrogens with one attached hydrogen (secondary N) is 1. The molecular formula is C17H15F5N4O. The first-order chi connectivity index (χ1) is 12.7. The van der Waals surface area contributed by atoms with Gasteiger partial charge >= 0.3 is 12.1 Å². The monoisotopic (exact) mass is 386 g/mol. The fourth-order valence-corrected chi connectivity index (χ4v) is 2.71. The van der Waals surface area contributed by atoms with Crippen LogP contribution in [0.25, 0.3) is 5.65 Å². The maximum absolute atomic E-state index is 14.5. The van der Waals surface area contributed by atoms with Gasteiger partial charge in [-0.3, -0.25) is 4.94 Å². The third-order valence-electron chi connectivity index (χ3n) is 4.05. The van der Waals surface area contributed by atoms with E-state index in [4.69, 9.17) is 0 Å². The van der Waals surface area contributed by atoms with E-state index < -0.39 is 23.4 Å². The Labute approximate surface area is 150 Å². The lowest BCUT2D eigenvalue weighted by atomic mass is 10.1. The molecule has 0 saturated carbocycles. The van der Waals surface area contributed by atoms with E-state index in [0.717, 1.165) is 10.6 Å². The van der Waals surface area contributed by atoms with Gasteiger partial charge in [-0.1, -0.05) is 32.0 Å². The van der Waals surface area contributed by atoms with Gasteiger partial charge in [0.15, 0.2) is 11.5 Å². The summed E-state index contributed by atoms with van der Waals surface area (Å²) in [6.07, 6.45) is -3.13. The Morgan fingerprint density at radius 2 is 1.93 bits per heavy atom. The summed E-state index contributed by atoms with van der Waals surface area (Å²) < 4.78 is 67.6. The van der Waals surface area contributed by atoms with E-state index in [1.165, 1.54) is 24.4 Å². The van der Waals surface area contributed by atoms with Crippen molar-refractivity contribution in [3.63, 3.8) is 0 Å². The van der Waals surface area contributed by atoms with Crippen molar-refractivity contribution in [1.29, 1.82) is 0 Å². The fraction of sp³-hybridized carbons (Fsp3) is 0.294. The van der Waals surface area contributed by atoms with Crippen LogP contribution in [0.2, 0.25) is 0 Å². The summed E-state index contributed by atoms with van der Waals surface area (Å²) in [6.45, 7) is 3.31. The van der Waals surface area contributed by atoms with Gasteiger partial charge in [0, 0.05) is 16.6 Å². The molecule has 0 aliphatic carbocycles. The van der Waals surface area contributed by atoms with Gasteiger partial charge < -0.3 is 5.32 Å². The Hall–Kier alpha value is -2.91. The number of benzene rings is 1. The Balaban J connectivity index is 2.04. The molecule has 0 amide bonds. The second-order valence-corrected chi connectivity index (χ2v) is 6.16. The van der Waals surface area contributed by atoms with Gasteiger partial charge in [-0.25, -0.2) is 0 Å². The van der Waals surface area contributed by atoms with Crippen molar-refractivity contribution in [2.24, 2.45) is 0 Å². The van der Waals surface area contributed by atoms with Crippen LogP contribution in [0.1, 0.15) is 36.5 Å². The first kappa shape index (κ1) is 18.9. The Morgan fingerprint density at radius 3 is 2.56 bits per heavy atom. The van der Waals surface area contributed by atoms with Gasteiger partial charge in [0.1, 0.15) is 0 Å². The molecule has 2 aromatic heterocycles. The van der Waals surface area contributed by atoms with Gasteiger partial charge in [-0.15, -0.1) is 0 Å². The lowest BCUT2D eigenvalue weighted by molar-refractivity contribution is -0.138. The summed E-state index contributed by atoms with van der Waals surface area (Å²) in [5.74, 6) is -2.52. The number of fused-ring (bicyclic) bond motifs is 1. The number of rotatable bonds is 5. The molecule has 0 unspecified atom stereocenters. The van der Waals surface area contributed by atoms with Crippen LogP contribution in [-0.4, -0.2) is 14.6 Å². The van der Waals surface area contributed by atoms with E-state index >= 15 is 0 Å². The fourth-order valence-electron chi connectivity index (χ4n) is 2.71. The Kier molecular flexibility index (Phi) is 4.90. The molecule has 0 radical (unpaired) electrons. The van der Waals surface area contributed by atoms with Gasteiger partial charge in [-0.05, 0) is 17.5 Å². The van der Waals surface area contributed by atoms with Crippen LogP contribution in [0.5, 0.6) is 5.88 Å². The van der Waals surface area contributed by atoms with E-state index in [9.17, 15) is 22.1 Å². The molecule has 1 N–H and O–H groups in total. The molecule has 0 bridgehead atoms. The topological polar surface area (TPSA) is 51.5 Å². The van der Waals surface area contributed by atoms with Crippen LogP contribution in [0.15, 0.2) is 30.5 Å². The predicted molar refractivity (Wildman–Crippen MR) is 87.5 cm³/mol. The largest absolute Gasteiger partial charge is 0.416 e. The van der Waals surface area contributed by atoms with Crippen LogP contribution in [0, 0.1) is 5.82 Å². The molecular weight excluding hydrogens is 371 g/mol. The van der Waals surface area contributed by atoms with Gasteiger partial charge in [0.05, 0.1) is 11.8 Å². The molecule has 5 nitrogen and oxygen atoms in total. The Morgan fingerprint density at radius 1 is 1.22 bits per heavy atom. The number of hydrogen-bond acceptors (Lipinski definition) is 4. The van der Waals surface area contributed by atoms with E-state index in [1.807, 2.05) is 13.8 Å². The summed E-state index contributed by atoms with van der Waals surface area (Å²) in [5, 5.41) is 6.56. The van der Waals surface area contributed by atoms with Crippen molar-refractivity contribution in [1.82, 2.24) is 14.6 Å². The lowest BCUT2D eigenvalue weighted by Crippen LogP contribution is -2.14. The summed E-state index contributed by atoms with van der Waals surface area (Å²) in [6, 6.07) is 4.89. The van der Waals surface area contributed by atoms with Crippen LogP contribution < -0.4 is 10.3 Å². The van der Waals surface area contributed by atoms with E-state index in [0.29, 0.717) is 5.56 Å². The van der Waals surface area contributed by atoms with E-state index in [2.05, 4.69) is 20.3 Å². The number of aromatic nitrogens is 3. The van der Waals surface area contributed by atoms with E-state index in [1.54, 1.807) is 0 Å². The molecule has 3 rings (SSSR count). The van der Waals surface area contributed by atoms with Crippen LogP contribution in [0.3, 0.4) is 0 Å². The maximum atomic E-state index is 14.5. The number of nitrogens with zero attached hydrogens (tertiary/aromatic N) is 3. The van der Waals surface area contributed by atoms with Crippen LogP contribution in [-0.2, 0) is 12.7 Å². The third-order valence-corrected chi connectivity index (χ3v) is 4.05. The van der Waals surface area contributed by atoms with Gasteiger partial charge in [0.25, 0.3) is 0 Å². The van der Waals surface area contributed by atoms with E-state index in [-0.39, 0.29) is 29.5 Å². The zero-order chi connectivity index (χ0) is 19.8. The number of alkyl halides is 3. The summed E-state index contributed by atoms with van der Waals surface area (Å²) in [4.78, 5) is 7.24. The SMILES string of the molecule is CC(C)c1cnn2c(NCc3ccccc3C(F)(F)F)c(F)c(OF)nc12. The van der Waals surface area contributed by atoms with Gasteiger partial charge in [0.2, 0.25) is 5.82 Å². The molecule has 10 heteroatoms. The predicted octanol–water partition coefficient (Wildman–Crippen LogP) is 4.89. The molecule has 2 heterocycles. The highest BCUT2D eigenvalue weighted by atomic mass is 19.4. The summed E-state index contributed by atoms with van der Waals surface area (Å²) >= 11 is 0. The number of halogens is 5. The average Bonchev–Trinajstić information content (AvgIpc) is 3.03. The van der Waals surface area contributed by atoms with Crippen LogP contribution >= 0.6 is 0 Å². The zero-order valence-electron chi connectivity index (χ0n) is 14.3. The summed E-state index contributed by atoms with van der Waals surface area (Å²) in [5.41, 5.74) is -0.209. The number of hydrogen-bond donors (Lipinski definition) is 1. The Bertz CT molecular complexity index is 968. The minimum absolute atomic E-state index is 0.0493. The molecule has 0 saturated heterocycles. The maximum Gasteiger partial charge on any atom is 0.416 e. The summed E-state index contributed by atoms with van der Waals surface area (Å²) in [7, 11) is 0. The van der Waals surface area contributed by atoms with Crippen molar-refractivity contribution in [2.75, 3.05) is 5.32 Å². The lowest BCUT2D eigenvalue weighted by Gasteiger charge is -2.15. The van der Waals surface area contributed by atoms with Crippen molar-refractivity contribution in [3.05, 3.63) is 53.0 Å². The minimum Gasteiger partial charge on any atom is -0.363 e. The molecule has 144 valence electrons.